The summed E-state index contributed by atoms with van der Waals surface area (Å²) in [6.45, 7) is 4.54. The van der Waals surface area contributed by atoms with Crippen molar-refractivity contribution in [2.24, 2.45) is 5.92 Å². The molecule has 1 saturated heterocycles. The molecule has 0 aromatic heterocycles. The van der Waals surface area contributed by atoms with Crippen LogP contribution in [0.3, 0.4) is 0 Å². The molecule has 1 N–H and O–H groups in total. The predicted molar refractivity (Wildman–Crippen MR) is 64.5 cm³/mol. The third-order valence-corrected chi connectivity index (χ3v) is 4.03. The fourth-order valence-corrected chi connectivity index (χ4v) is 2.71. The Bertz CT molecular complexity index is 188. The summed E-state index contributed by atoms with van der Waals surface area (Å²) in [6.07, 6.45) is 7.52. The van der Waals surface area contributed by atoms with Crippen molar-refractivity contribution >= 4 is 0 Å². The van der Waals surface area contributed by atoms with E-state index in [1.54, 1.807) is 0 Å². The SMILES string of the molecule is OCCCN(CC1CCOCC1)C1CCC1. The predicted octanol–water partition coefficient (Wildman–Crippen LogP) is 1.65. The first-order valence-electron chi connectivity index (χ1n) is 6.83. The molecule has 0 aromatic rings. The molecule has 0 spiro atoms. The minimum Gasteiger partial charge on any atom is -0.396 e. The van der Waals surface area contributed by atoms with E-state index in [2.05, 4.69) is 4.90 Å². The fourth-order valence-electron chi connectivity index (χ4n) is 2.71. The topological polar surface area (TPSA) is 32.7 Å². The monoisotopic (exact) mass is 227 g/mol. The van der Waals surface area contributed by atoms with E-state index in [-0.39, 0.29) is 0 Å². The first kappa shape index (κ1) is 12.3. The van der Waals surface area contributed by atoms with E-state index in [1.165, 1.54) is 38.6 Å². The zero-order valence-corrected chi connectivity index (χ0v) is 10.2. The maximum absolute atomic E-state index is 8.95. The van der Waals surface area contributed by atoms with Gasteiger partial charge < -0.3 is 14.7 Å². The highest BCUT2D eigenvalue weighted by molar-refractivity contribution is 4.82. The van der Waals surface area contributed by atoms with E-state index in [1.807, 2.05) is 0 Å². The van der Waals surface area contributed by atoms with Crippen LogP contribution < -0.4 is 0 Å². The van der Waals surface area contributed by atoms with E-state index in [9.17, 15) is 0 Å². The molecule has 1 saturated carbocycles. The first-order valence-corrected chi connectivity index (χ1v) is 6.83. The summed E-state index contributed by atoms with van der Waals surface area (Å²) in [7, 11) is 0. The first-order chi connectivity index (χ1) is 7.90. The van der Waals surface area contributed by atoms with Gasteiger partial charge in [0.1, 0.15) is 0 Å². The summed E-state index contributed by atoms with van der Waals surface area (Å²) < 4.78 is 5.40. The molecular formula is C13H25NO2. The van der Waals surface area contributed by atoms with Gasteiger partial charge in [0.05, 0.1) is 0 Å². The molecule has 0 atom stereocenters. The van der Waals surface area contributed by atoms with Crippen molar-refractivity contribution in [1.29, 1.82) is 0 Å². The van der Waals surface area contributed by atoms with Gasteiger partial charge in [0.2, 0.25) is 0 Å². The lowest BCUT2D eigenvalue weighted by Crippen LogP contribution is -2.44. The normalized spacial score (nSPS) is 23.6. The molecule has 1 aliphatic carbocycles. The van der Waals surface area contributed by atoms with E-state index in [4.69, 9.17) is 9.84 Å². The van der Waals surface area contributed by atoms with Crippen molar-refractivity contribution in [2.45, 2.75) is 44.6 Å². The van der Waals surface area contributed by atoms with Gasteiger partial charge in [0.15, 0.2) is 0 Å². The second kappa shape index (κ2) is 6.58. The number of hydrogen-bond acceptors (Lipinski definition) is 3. The Kier molecular flexibility index (Phi) is 5.07. The average Bonchev–Trinajstić information content (AvgIpc) is 2.25. The minimum absolute atomic E-state index is 0.330. The Balaban J connectivity index is 1.75. The summed E-state index contributed by atoms with van der Waals surface area (Å²) in [4.78, 5) is 2.62. The van der Waals surface area contributed by atoms with Gasteiger partial charge in [-0.2, -0.15) is 0 Å². The van der Waals surface area contributed by atoms with Crippen LogP contribution in [0.4, 0.5) is 0 Å². The molecule has 94 valence electrons. The van der Waals surface area contributed by atoms with Crippen molar-refractivity contribution in [1.82, 2.24) is 4.90 Å². The molecule has 16 heavy (non-hydrogen) atoms. The van der Waals surface area contributed by atoms with E-state index in [0.29, 0.717) is 6.61 Å². The lowest BCUT2D eigenvalue weighted by molar-refractivity contribution is 0.0330. The van der Waals surface area contributed by atoms with Crippen molar-refractivity contribution in [3.63, 3.8) is 0 Å². The Morgan fingerprint density at radius 1 is 1.12 bits per heavy atom. The molecule has 0 bridgehead atoms. The van der Waals surface area contributed by atoms with Crippen LogP contribution in [0, 0.1) is 5.92 Å². The van der Waals surface area contributed by atoms with E-state index < -0.39 is 0 Å². The zero-order chi connectivity index (χ0) is 11.2. The fraction of sp³-hybridized carbons (Fsp3) is 1.00. The molecule has 3 nitrogen and oxygen atoms in total. The lowest BCUT2D eigenvalue weighted by atomic mass is 9.89. The summed E-state index contributed by atoms with van der Waals surface area (Å²) in [5.74, 6) is 0.827. The molecule has 3 heteroatoms. The largest absolute Gasteiger partial charge is 0.396 e. The van der Waals surface area contributed by atoms with Gasteiger partial charge in [-0.3, -0.25) is 0 Å². The molecule has 0 radical (unpaired) electrons. The summed E-state index contributed by atoms with van der Waals surface area (Å²) in [5, 5.41) is 8.95. The number of rotatable bonds is 6. The summed E-state index contributed by atoms with van der Waals surface area (Å²) >= 11 is 0. The van der Waals surface area contributed by atoms with Crippen LogP contribution in [0.5, 0.6) is 0 Å². The van der Waals surface area contributed by atoms with Gasteiger partial charge in [0.25, 0.3) is 0 Å². The highest BCUT2D eigenvalue weighted by Crippen LogP contribution is 2.27. The van der Waals surface area contributed by atoms with E-state index in [0.717, 1.165) is 38.1 Å². The number of aliphatic hydroxyl groups is 1. The molecule has 1 heterocycles. The Morgan fingerprint density at radius 2 is 1.88 bits per heavy atom. The van der Waals surface area contributed by atoms with Gasteiger partial charge >= 0.3 is 0 Å². The van der Waals surface area contributed by atoms with Crippen molar-refractivity contribution in [3.8, 4) is 0 Å². The third-order valence-electron chi connectivity index (χ3n) is 4.03. The molecule has 2 rings (SSSR count). The number of aliphatic hydroxyl groups excluding tert-OH is 1. The molecule has 0 aromatic carbocycles. The van der Waals surface area contributed by atoms with Gasteiger partial charge in [0, 0.05) is 39.0 Å². The second-order valence-corrected chi connectivity index (χ2v) is 5.21. The Labute approximate surface area is 98.8 Å². The van der Waals surface area contributed by atoms with Gasteiger partial charge in [-0.25, -0.2) is 0 Å². The van der Waals surface area contributed by atoms with Crippen LogP contribution in [-0.2, 0) is 4.74 Å². The third kappa shape index (κ3) is 3.44. The van der Waals surface area contributed by atoms with Crippen LogP contribution in [-0.4, -0.2) is 49.0 Å². The van der Waals surface area contributed by atoms with Crippen LogP contribution in [0.2, 0.25) is 0 Å². The van der Waals surface area contributed by atoms with E-state index >= 15 is 0 Å². The van der Waals surface area contributed by atoms with Gasteiger partial charge in [-0.1, -0.05) is 6.42 Å². The highest BCUT2D eigenvalue weighted by Gasteiger charge is 2.27. The van der Waals surface area contributed by atoms with Gasteiger partial charge in [-0.15, -0.1) is 0 Å². The maximum Gasteiger partial charge on any atom is 0.0469 e. The zero-order valence-electron chi connectivity index (χ0n) is 10.2. The molecule has 0 unspecified atom stereocenters. The van der Waals surface area contributed by atoms with Crippen LogP contribution in [0.15, 0.2) is 0 Å². The average molecular weight is 227 g/mol. The van der Waals surface area contributed by atoms with Crippen molar-refractivity contribution in [2.75, 3.05) is 32.9 Å². The molecular weight excluding hydrogens is 202 g/mol. The minimum atomic E-state index is 0.330. The van der Waals surface area contributed by atoms with Crippen molar-refractivity contribution < 1.29 is 9.84 Å². The quantitative estimate of drug-likeness (QED) is 0.749. The molecule has 1 aliphatic heterocycles. The number of ether oxygens (including phenoxy) is 1. The molecule has 2 aliphatic rings. The standard InChI is InChI=1S/C13H25NO2/c15-8-2-7-14(13-3-1-4-13)11-12-5-9-16-10-6-12/h12-13,15H,1-11H2. The Morgan fingerprint density at radius 3 is 2.44 bits per heavy atom. The van der Waals surface area contributed by atoms with Crippen molar-refractivity contribution in [3.05, 3.63) is 0 Å². The van der Waals surface area contributed by atoms with Crippen LogP contribution in [0.1, 0.15) is 38.5 Å². The number of hydrogen-bond donors (Lipinski definition) is 1. The molecule has 2 fully saturated rings. The lowest BCUT2D eigenvalue weighted by Gasteiger charge is -2.40. The van der Waals surface area contributed by atoms with Gasteiger partial charge in [-0.05, 0) is 38.0 Å². The second-order valence-electron chi connectivity index (χ2n) is 5.21. The Hall–Kier alpha value is -0.120. The molecule has 0 amide bonds. The van der Waals surface area contributed by atoms with Crippen LogP contribution >= 0.6 is 0 Å². The highest BCUT2D eigenvalue weighted by atomic mass is 16.5. The number of nitrogens with zero attached hydrogens (tertiary/aromatic N) is 1. The van der Waals surface area contributed by atoms with Crippen LogP contribution in [0.25, 0.3) is 0 Å². The summed E-state index contributed by atoms with van der Waals surface area (Å²) in [6, 6.07) is 0.814. The smallest absolute Gasteiger partial charge is 0.0469 e. The maximum atomic E-state index is 8.95. The summed E-state index contributed by atoms with van der Waals surface area (Å²) in [5.41, 5.74) is 0.